The summed E-state index contributed by atoms with van der Waals surface area (Å²) in [4.78, 5) is 25.3. The van der Waals surface area contributed by atoms with E-state index >= 15 is 0 Å². The molecule has 0 fully saturated rings. The zero-order valence-electron chi connectivity index (χ0n) is 18.2. The maximum Gasteiger partial charge on any atom is 0.244 e. The molecule has 2 heterocycles. The molecule has 1 atom stereocenters. The Morgan fingerprint density at radius 2 is 1.85 bits per heavy atom. The highest BCUT2D eigenvalue weighted by atomic mass is 32.1. The number of carbonyl (C=O) groups is 2. The molecule has 0 aliphatic carbocycles. The van der Waals surface area contributed by atoms with Crippen LogP contribution in [0.3, 0.4) is 0 Å². The summed E-state index contributed by atoms with van der Waals surface area (Å²) >= 11 is 1.57. The number of rotatable bonds is 9. The van der Waals surface area contributed by atoms with Crippen LogP contribution in [-0.2, 0) is 16.0 Å². The van der Waals surface area contributed by atoms with Crippen molar-refractivity contribution in [2.24, 2.45) is 11.7 Å². The molecule has 0 aliphatic rings. The van der Waals surface area contributed by atoms with E-state index in [0.717, 1.165) is 27.4 Å². The third kappa shape index (κ3) is 5.85. The molecular formula is C26H23FN4O2S. The largest absolute Gasteiger partial charge is 0.369 e. The van der Waals surface area contributed by atoms with Gasteiger partial charge in [-0.2, -0.15) is 5.10 Å². The molecule has 34 heavy (non-hydrogen) atoms. The second kappa shape index (κ2) is 10.7. The first-order valence-corrected chi connectivity index (χ1v) is 11.6. The summed E-state index contributed by atoms with van der Waals surface area (Å²) in [5, 5.41) is 9.42. The Balaban J connectivity index is 1.46. The van der Waals surface area contributed by atoms with Crippen LogP contribution in [0.4, 0.5) is 4.39 Å². The molecule has 2 aromatic heterocycles. The fraction of sp³-hybridized carbons (Fsp3) is 0.115. The molecule has 1 unspecified atom stereocenters. The highest BCUT2D eigenvalue weighted by molar-refractivity contribution is 7.13. The smallest absolute Gasteiger partial charge is 0.244 e. The molecule has 0 aliphatic heterocycles. The SMILES string of the molecule is NC(=O)C(CNC(=O)/C=C/c1cn(-c2ccccc2)nc1-c1cccs1)Cc1ccc(F)cc1. The van der Waals surface area contributed by atoms with E-state index in [4.69, 9.17) is 10.8 Å². The third-order valence-corrected chi connectivity index (χ3v) is 6.13. The van der Waals surface area contributed by atoms with Gasteiger partial charge in [0.25, 0.3) is 0 Å². The summed E-state index contributed by atoms with van der Waals surface area (Å²) in [5.74, 6) is -1.84. The summed E-state index contributed by atoms with van der Waals surface area (Å²) in [7, 11) is 0. The molecule has 3 N–H and O–H groups in total. The monoisotopic (exact) mass is 474 g/mol. The van der Waals surface area contributed by atoms with Gasteiger partial charge in [0.1, 0.15) is 11.5 Å². The fourth-order valence-corrected chi connectivity index (χ4v) is 4.18. The number of thiophene rings is 1. The molecule has 4 aromatic rings. The molecule has 4 rings (SSSR count). The van der Waals surface area contributed by atoms with Crippen molar-refractivity contribution in [2.75, 3.05) is 6.54 Å². The van der Waals surface area contributed by atoms with Crippen molar-refractivity contribution >= 4 is 29.2 Å². The lowest BCUT2D eigenvalue weighted by Crippen LogP contribution is -2.36. The molecule has 0 bridgehead atoms. The number of halogens is 1. The molecular weight excluding hydrogens is 451 g/mol. The highest BCUT2D eigenvalue weighted by Crippen LogP contribution is 2.28. The Labute approximate surface area is 200 Å². The van der Waals surface area contributed by atoms with Crippen LogP contribution in [0.15, 0.2) is 84.4 Å². The van der Waals surface area contributed by atoms with E-state index in [2.05, 4.69) is 5.32 Å². The van der Waals surface area contributed by atoms with Crippen LogP contribution in [0.25, 0.3) is 22.3 Å². The van der Waals surface area contributed by atoms with Gasteiger partial charge in [0.15, 0.2) is 0 Å². The van der Waals surface area contributed by atoms with Crippen LogP contribution in [0, 0.1) is 11.7 Å². The molecule has 0 radical (unpaired) electrons. The van der Waals surface area contributed by atoms with Crippen molar-refractivity contribution in [1.82, 2.24) is 15.1 Å². The Kier molecular flexibility index (Phi) is 7.29. The lowest BCUT2D eigenvalue weighted by Gasteiger charge is -2.13. The Bertz CT molecular complexity index is 1280. The van der Waals surface area contributed by atoms with Gasteiger partial charge in [-0.05, 0) is 53.8 Å². The maximum atomic E-state index is 13.1. The topological polar surface area (TPSA) is 90.0 Å². The van der Waals surface area contributed by atoms with Crippen LogP contribution in [0.5, 0.6) is 0 Å². The number of aromatic nitrogens is 2. The molecule has 6 nitrogen and oxygen atoms in total. The Hall–Kier alpha value is -4.04. The molecule has 0 saturated heterocycles. The van der Waals surface area contributed by atoms with E-state index in [-0.39, 0.29) is 18.3 Å². The van der Waals surface area contributed by atoms with Gasteiger partial charge in [-0.1, -0.05) is 36.4 Å². The van der Waals surface area contributed by atoms with Crippen LogP contribution in [0.1, 0.15) is 11.1 Å². The number of hydrogen-bond donors (Lipinski definition) is 2. The zero-order chi connectivity index (χ0) is 23.9. The first-order valence-electron chi connectivity index (χ1n) is 10.7. The Morgan fingerprint density at radius 1 is 1.09 bits per heavy atom. The number of primary amides is 1. The minimum atomic E-state index is -0.606. The minimum absolute atomic E-state index is 0.0803. The number of nitrogens with zero attached hydrogens (tertiary/aromatic N) is 2. The van der Waals surface area contributed by atoms with Crippen LogP contribution in [-0.4, -0.2) is 28.1 Å². The van der Waals surface area contributed by atoms with Gasteiger partial charge >= 0.3 is 0 Å². The average Bonchev–Trinajstić information content (AvgIpc) is 3.52. The van der Waals surface area contributed by atoms with E-state index in [9.17, 15) is 14.0 Å². The Morgan fingerprint density at radius 3 is 2.53 bits per heavy atom. The summed E-state index contributed by atoms with van der Waals surface area (Å²) in [5.41, 5.74) is 8.75. The summed E-state index contributed by atoms with van der Waals surface area (Å²) in [6.45, 7) is 0.0803. The predicted octanol–water partition coefficient (Wildman–Crippen LogP) is 4.21. The highest BCUT2D eigenvalue weighted by Gasteiger charge is 2.17. The van der Waals surface area contributed by atoms with Crippen LogP contribution >= 0.6 is 11.3 Å². The van der Waals surface area contributed by atoms with Crippen LogP contribution < -0.4 is 11.1 Å². The lowest BCUT2D eigenvalue weighted by molar-refractivity contribution is -0.122. The number of carbonyl (C=O) groups excluding carboxylic acids is 2. The van der Waals surface area contributed by atoms with Crippen molar-refractivity contribution in [3.05, 3.63) is 101 Å². The molecule has 0 spiro atoms. The summed E-state index contributed by atoms with van der Waals surface area (Å²) in [6.07, 6.45) is 5.30. The molecule has 0 saturated carbocycles. The van der Waals surface area contributed by atoms with Crippen molar-refractivity contribution in [3.8, 4) is 16.3 Å². The van der Waals surface area contributed by atoms with E-state index in [1.54, 1.807) is 34.2 Å². The number of para-hydroxylation sites is 1. The van der Waals surface area contributed by atoms with Gasteiger partial charge in [-0.3, -0.25) is 9.59 Å². The summed E-state index contributed by atoms with van der Waals surface area (Å²) in [6, 6.07) is 19.5. The van der Waals surface area contributed by atoms with Crippen molar-refractivity contribution in [1.29, 1.82) is 0 Å². The first-order chi connectivity index (χ1) is 16.5. The number of nitrogens with one attached hydrogen (secondary N) is 1. The summed E-state index contributed by atoms with van der Waals surface area (Å²) < 4.78 is 14.9. The molecule has 172 valence electrons. The number of amides is 2. The minimum Gasteiger partial charge on any atom is -0.369 e. The number of benzene rings is 2. The van der Waals surface area contributed by atoms with E-state index in [0.29, 0.717) is 6.42 Å². The maximum absolute atomic E-state index is 13.1. The zero-order valence-corrected chi connectivity index (χ0v) is 19.0. The average molecular weight is 475 g/mol. The van der Waals surface area contributed by atoms with Crippen molar-refractivity contribution < 1.29 is 14.0 Å². The third-order valence-electron chi connectivity index (χ3n) is 5.25. The molecule has 8 heteroatoms. The van der Waals surface area contributed by atoms with Gasteiger partial charge in [-0.25, -0.2) is 9.07 Å². The van der Waals surface area contributed by atoms with Gasteiger partial charge in [0.05, 0.1) is 16.5 Å². The van der Waals surface area contributed by atoms with E-state index in [1.807, 2.05) is 54.0 Å². The van der Waals surface area contributed by atoms with E-state index in [1.165, 1.54) is 18.2 Å². The standard InChI is InChI=1S/C26H23FN4O2S/c27-21-11-8-18(9-12-21)15-20(26(28)33)16-29-24(32)13-10-19-17-31(22-5-2-1-3-6-22)30-25(19)23-7-4-14-34-23/h1-14,17,20H,15-16H2,(H2,28,33)(H,29,32)/b13-10+. The quantitative estimate of drug-likeness (QED) is 0.356. The predicted molar refractivity (Wildman–Crippen MR) is 132 cm³/mol. The van der Waals surface area contributed by atoms with E-state index < -0.39 is 11.8 Å². The van der Waals surface area contributed by atoms with Crippen molar-refractivity contribution in [2.45, 2.75) is 6.42 Å². The van der Waals surface area contributed by atoms with Crippen molar-refractivity contribution in [3.63, 3.8) is 0 Å². The number of hydrogen-bond acceptors (Lipinski definition) is 4. The first kappa shape index (κ1) is 23.1. The second-order valence-electron chi connectivity index (χ2n) is 7.70. The van der Waals surface area contributed by atoms with Gasteiger partial charge in [0.2, 0.25) is 11.8 Å². The number of nitrogens with two attached hydrogens (primary N) is 1. The van der Waals surface area contributed by atoms with Crippen LogP contribution in [0.2, 0.25) is 0 Å². The fourth-order valence-electron chi connectivity index (χ4n) is 3.45. The molecule has 2 amide bonds. The molecule has 2 aromatic carbocycles. The second-order valence-corrected chi connectivity index (χ2v) is 8.65. The van der Waals surface area contributed by atoms with Gasteiger partial charge in [0, 0.05) is 24.4 Å². The van der Waals surface area contributed by atoms with Gasteiger partial charge in [-0.15, -0.1) is 11.3 Å². The lowest BCUT2D eigenvalue weighted by atomic mass is 9.98. The normalized spacial score (nSPS) is 12.0. The van der Waals surface area contributed by atoms with Gasteiger partial charge < -0.3 is 11.1 Å².